The number of morpholine rings is 1. The Morgan fingerprint density at radius 2 is 1.72 bits per heavy atom. The second-order valence-corrected chi connectivity index (χ2v) is 10.2. The summed E-state index contributed by atoms with van der Waals surface area (Å²) in [5, 5.41) is 0. The highest BCUT2D eigenvalue weighted by Crippen LogP contribution is 2.42. The summed E-state index contributed by atoms with van der Waals surface area (Å²) in [7, 11) is 0. The van der Waals surface area contributed by atoms with Crippen LogP contribution in [0, 0.1) is 11.2 Å². The van der Waals surface area contributed by atoms with Crippen molar-refractivity contribution in [2.45, 2.75) is 26.4 Å². The number of ether oxygens (including phenoxy) is 1. The van der Waals surface area contributed by atoms with Crippen LogP contribution >= 0.6 is 0 Å². The molecule has 0 bridgehead atoms. The number of aromatic nitrogens is 1. The molecular weight excluding hydrogens is 453 g/mol. The molecule has 1 aromatic heterocycles. The van der Waals surface area contributed by atoms with E-state index in [4.69, 9.17) is 9.72 Å². The highest BCUT2D eigenvalue weighted by Gasteiger charge is 2.43. The first kappa shape index (κ1) is 24.3. The van der Waals surface area contributed by atoms with Gasteiger partial charge in [0.2, 0.25) is 0 Å². The SMILES string of the molecule is CC1(C)CN(Cc2ccc(F)cc2)C(c2ccccc2)C(=Cc2cccc(N3CCOCC3)n2)C1=O. The molecule has 2 aliphatic heterocycles. The fourth-order valence-electron chi connectivity index (χ4n) is 5.17. The standard InChI is InChI=1S/C30H32FN3O2/c1-30(2)21-34(20-22-11-13-24(31)14-12-22)28(23-7-4-3-5-8-23)26(29(30)35)19-25-9-6-10-27(32-25)33-15-17-36-18-16-33/h3-14,19,28H,15-18,20-21H2,1-2H3. The van der Waals surface area contributed by atoms with E-state index in [0.717, 1.165) is 41.3 Å². The van der Waals surface area contributed by atoms with Crippen molar-refractivity contribution in [2.75, 3.05) is 37.7 Å². The summed E-state index contributed by atoms with van der Waals surface area (Å²) in [5.74, 6) is 0.777. The van der Waals surface area contributed by atoms with Crippen LogP contribution in [0.15, 0.2) is 78.4 Å². The molecule has 0 N–H and O–H groups in total. The van der Waals surface area contributed by atoms with E-state index in [-0.39, 0.29) is 17.6 Å². The van der Waals surface area contributed by atoms with E-state index in [0.29, 0.717) is 26.3 Å². The molecule has 3 aromatic rings. The van der Waals surface area contributed by atoms with E-state index in [1.54, 1.807) is 0 Å². The van der Waals surface area contributed by atoms with Crippen molar-refractivity contribution < 1.29 is 13.9 Å². The summed E-state index contributed by atoms with van der Waals surface area (Å²) in [4.78, 5) is 23.3. The number of hydrogen-bond acceptors (Lipinski definition) is 5. The van der Waals surface area contributed by atoms with Gasteiger partial charge in [0, 0.05) is 37.2 Å². The van der Waals surface area contributed by atoms with Gasteiger partial charge in [-0.2, -0.15) is 0 Å². The van der Waals surface area contributed by atoms with Crippen LogP contribution in [0.3, 0.4) is 0 Å². The fourth-order valence-corrected chi connectivity index (χ4v) is 5.17. The van der Waals surface area contributed by atoms with Crippen LogP contribution < -0.4 is 4.90 Å². The van der Waals surface area contributed by atoms with Crippen LogP contribution in [0.25, 0.3) is 6.08 Å². The highest BCUT2D eigenvalue weighted by molar-refractivity contribution is 6.05. The van der Waals surface area contributed by atoms with Gasteiger partial charge in [-0.15, -0.1) is 0 Å². The molecule has 6 heteroatoms. The van der Waals surface area contributed by atoms with E-state index < -0.39 is 5.41 Å². The van der Waals surface area contributed by atoms with Crippen LogP contribution in [-0.2, 0) is 16.1 Å². The fraction of sp³-hybridized carbons (Fsp3) is 0.333. The van der Waals surface area contributed by atoms with Gasteiger partial charge in [-0.3, -0.25) is 9.69 Å². The molecule has 2 aliphatic rings. The lowest BCUT2D eigenvalue weighted by molar-refractivity contribution is -0.128. The summed E-state index contributed by atoms with van der Waals surface area (Å²) in [5.41, 5.74) is 2.99. The highest BCUT2D eigenvalue weighted by atomic mass is 19.1. The quantitative estimate of drug-likeness (QED) is 0.460. The number of anilines is 1. The number of piperidine rings is 1. The van der Waals surface area contributed by atoms with E-state index in [9.17, 15) is 9.18 Å². The third-order valence-corrected chi connectivity index (χ3v) is 6.94. The summed E-state index contributed by atoms with van der Waals surface area (Å²) in [6.45, 7) is 8.19. The second kappa shape index (κ2) is 10.3. The number of hydrogen-bond donors (Lipinski definition) is 0. The number of likely N-dealkylation sites (tertiary alicyclic amines) is 1. The van der Waals surface area contributed by atoms with Gasteiger partial charge >= 0.3 is 0 Å². The molecule has 1 unspecified atom stereocenters. The number of benzene rings is 2. The number of halogens is 1. The van der Waals surface area contributed by atoms with E-state index in [1.807, 2.05) is 68.5 Å². The zero-order valence-corrected chi connectivity index (χ0v) is 20.9. The summed E-state index contributed by atoms with van der Waals surface area (Å²) < 4.78 is 19.1. The van der Waals surface area contributed by atoms with Crippen molar-refractivity contribution in [2.24, 2.45) is 5.41 Å². The number of carbonyl (C=O) groups excluding carboxylic acids is 1. The molecule has 5 rings (SSSR count). The van der Waals surface area contributed by atoms with Gasteiger partial charge in [-0.1, -0.05) is 62.4 Å². The van der Waals surface area contributed by atoms with Gasteiger partial charge in [0.05, 0.1) is 24.9 Å². The van der Waals surface area contributed by atoms with E-state index in [2.05, 4.69) is 21.9 Å². The van der Waals surface area contributed by atoms with Crippen molar-refractivity contribution in [3.63, 3.8) is 0 Å². The Kier molecular flexibility index (Phi) is 6.99. The number of Topliss-reactive ketones (excluding diaryl/α,β-unsaturated/α-hetero) is 1. The molecule has 2 saturated heterocycles. The minimum absolute atomic E-state index is 0.130. The average Bonchev–Trinajstić information content (AvgIpc) is 2.89. The predicted molar refractivity (Wildman–Crippen MR) is 140 cm³/mol. The lowest BCUT2D eigenvalue weighted by Crippen LogP contribution is -2.49. The van der Waals surface area contributed by atoms with Crippen molar-refractivity contribution in [3.05, 3.63) is 101 Å². The number of ketones is 1. The third-order valence-electron chi connectivity index (χ3n) is 6.94. The van der Waals surface area contributed by atoms with E-state index in [1.165, 1.54) is 12.1 Å². The Labute approximate surface area is 212 Å². The normalized spacial score (nSPS) is 21.6. The van der Waals surface area contributed by atoms with Gasteiger partial charge in [-0.25, -0.2) is 9.37 Å². The first-order chi connectivity index (χ1) is 17.4. The minimum Gasteiger partial charge on any atom is -0.378 e. The molecular formula is C30H32FN3O2. The van der Waals surface area contributed by atoms with Crippen LogP contribution in [0.5, 0.6) is 0 Å². The van der Waals surface area contributed by atoms with Crippen molar-refractivity contribution >= 4 is 17.7 Å². The van der Waals surface area contributed by atoms with Crippen LogP contribution in [0.4, 0.5) is 10.2 Å². The first-order valence-electron chi connectivity index (χ1n) is 12.5. The zero-order chi connectivity index (χ0) is 25.1. The number of carbonyl (C=O) groups is 1. The molecule has 5 nitrogen and oxygen atoms in total. The topological polar surface area (TPSA) is 45.7 Å². The van der Waals surface area contributed by atoms with Gasteiger partial charge in [0.25, 0.3) is 0 Å². The number of nitrogens with zero attached hydrogens (tertiary/aromatic N) is 3. The zero-order valence-electron chi connectivity index (χ0n) is 20.9. The maximum Gasteiger partial charge on any atom is 0.167 e. The van der Waals surface area contributed by atoms with Crippen molar-refractivity contribution in [1.82, 2.24) is 9.88 Å². The van der Waals surface area contributed by atoms with Crippen molar-refractivity contribution in [3.8, 4) is 0 Å². The molecule has 186 valence electrons. The average molecular weight is 486 g/mol. The maximum atomic E-state index is 13.9. The monoisotopic (exact) mass is 485 g/mol. The molecule has 2 aromatic carbocycles. The second-order valence-electron chi connectivity index (χ2n) is 10.2. The lowest BCUT2D eigenvalue weighted by atomic mass is 9.74. The summed E-state index contributed by atoms with van der Waals surface area (Å²) >= 11 is 0. The molecule has 0 radical (unpaired) electrons. The third kappa shape index (κ3) is 5.25. The molecule has 1 atom stereocenters. The molecule has 36 heavy (non-hydrogen) atoms. The predicted octanol–water partition coefficient (Wildman–Crippen LogP) is 5.29. The number of rotatable bonds is 5. The Hall–Kier alpha value is -3.35. The Morgan fingerprint density at radius 3 is 2.44 bits per heavy atom. The lowest BCUT2D eigenvalue weighted by Gasteiger charge is -2.44. The van der Waals surface area contributed by atoms with Crippen LogP contribution in [0.1, 0.15) is 36.7 Å². The molecule has 0 saturated carbocycles. The van der Waals surface area contributed by atoms with Crippen LogP contribution in [0.2, 0.25) is 0 Å². The Bertz CT molecular complexity index is 1230. The molecule has 2 fully saturated rings. The van der Waals surface area contributed by atoms with Gasteiger partial charge in [-0.05, 0) is 41.5 Å². The van der Waals surface area contributed by atoms with Crippen molar-refractivity contribution in [1.29, 1.82) is 0 Å². The maximum absolute atomic E-state index is 13.9. The molecule has 0 aliphatic carbocycles. The Balaban J connectivity index is 1.56. The summed E-state index contributed by atoms with van der Waals surface area (Å²) in [6.07, 6.45) is 1.96. The largest absolute Gasteiger partial charge is 0.378 e. The smallest absolute Gasteiger partial charge is 0.167 e. The number of pyridine rings is 1. The Morgan fingerprint density at radius 1 is 1.00 bits per heavy atom. The summed E-state index contributed by atoms with van der Waals surface area (Å²) in [6, 6.07) is 22.5. The minimum atomic E-state index is -0.570. The molecule has 0 spiro atoms. The van der Waals surface area contributed by atoms with Gasteiger partial charge in [0.15, 0.2) is 5.78 Å². The van der Waals surface area contributed by atoms with E-state index >= 15 is 0 Å². The van der Waals surface area contributed by atoms with Crippen LogP contribution in [-0.4, -0.2) is 48.5 Å². The molecule has 3 heterocycles. The molecule has 0 amide bonds. The van der Waals surface area contributed by atoms with Gasteiger partial charge in [0.1, 0.15) is 11.6 Å². The van der Waals surface area contributed by atoms with Gasteiger partial charge < -0.3 is 9.64 Å². The first-order valence-corrected chi connectivity index (χ1v) is 12.5.